The molecule has 0 saturated heterocycles. The molecule has 1 N–H and O–H groups in total. The molecule has 0 aliphatic heterocycles. The van der Waals surface area contributed by atoms with Crippen molar-refractivity contribution in [2.45, 2.75) is 6.61 Å². The summed E-state index contributed by atoms with van der Waals surface area (Å²) in [6.45, 7) is 4.24. The van der Waals surface area contributed by atoms with Crippen LogP contribution in [0.4, 0.5) is 0 Å². The summed E-state index contributed by atoms with van der Waals surface area (Å²) >= 11 is 0. The standard InChI is InChI=1S/C21H18N2O/c1-14(15-7-8-21-16(11-15)9-10-23(21)2)19-12-17(13-24)22-20-6-4-3-5-18(19)20/h3-12,24H,1,13H2,2H3. The Morgan fingerprint density at radius 2 is 1.96 bits per heavy atom. The Kier molecular flexibility index (Phi) is 3.44. The van der Waals surface area contributed by atoms with E-state index in [0.29, 0.717) is 5.69 Å². The lowest BCUT2D eigenvalue weighted by Crippen LogP contribution is -1.96. The smallest absolute Gasteiger partial charge is 0.0853 e. The van der Waals surface area contributed by atoms with Gasteiger partial charge in [-0.3, -0.25) is 4.98 Å². The molecule has 0 bridgehead atoms. The second-order valence-electron chi connectivity index (χ2n) is 6.02. The first-order valence-electron chi connectivity index (χ1n) is 7.91. The van der Waals surface area contributed by atoms with E-state index in [1.807, 2.05) is 37.4 Å². The van der Waals surface area contributed by atoms with E-state index in [1.165, 1.54) is 10.9 Å². The van der Waals surface area contributed by atoms with Crippen molar-refractivity contribution in [3.05, 3.63) is 84.2 Å². The van der Waals surface area contributed by atoms with Crippen LogP contribution in [0.5, 0.6) is 0 Å². The van der Waals surface area contributed by atoms with Crippen LogP contribution in [0.1, 0.15) is 16.8 Å². The lowest BCUT2D eigenvalue weighted by atomic mass is 9.95. The topological polar surface area (TPSA) is 38.0 Å². The van der Waals surface area contributed by atoms with Gasteiger partial charge in [0.2, 0.25) is 0 Å². The second kappa shape index (κ2) is 5.62. The summed E-state index contributed by atoms with van der Waals surface area (Å²) in [5.41, 5.74) is 5.76. The molecule has 4 aromatic rings. The van der Waals surface area contributed by atoms with Gasteiger partial charge in [0.25, 0.3) is 0 Å². The fourth-order valence-corrected chi connectivity index (χ4v) is 3.19. The molecule has 24 heavy (non-hydrogen) atoms. The zero-order valence-electron chi connectivity index (χ0n) is 13.5. The molecule has 0 aliphatic rings. The minimum Gasteiger partial charge on any atom is -0.390 e. The number of aromatic nitrogens is 2. The van der Waals surface area contributed by atoms with Crippen molar-refractivity contribution in [3.63, 3.8) is 0 Å². The first-order chi connectivity index (χ1) is 11.7. The molecule has 2 aromatic heterocycles. The highest BCUT2D eigenvalue weighted by Crippen LogP contribution is 2.30. The van der Waals surface area contributed by atoms with Crippen LogP contribution in [0, 0.1) is 0 Å². The molecule has 0 atom stereocenters. The molecule has 2 aromatic carbocycles. The Labute approximate surface area is 140 Å². The second-order valence-corrected chi connectivity index (χ2v) is 6.02. The molecule has 0 aliphatic carbocycles. The molecule has 0 fully saturated rings. The summed E-state index contributed by atoms with van der Waals surface area (Å²) in [6.07, 6.45) is 2.06. The van der Waals surface area contributed by atoms with E-state index in [-0.39, 0.29) is 6.61 Å². The van der Waals surface area contributed by atoms with Crippen molar-refractivity contribution in [1.29, 1.82) is 0 Å². The first kappa shape index (κ1) is 14.7. The Balaban J connectivity index is 1.90. The third-order valence-electron chi connectivity index (χ3n) is 4.49. The number of para-hydroxylation sites is 1. The maximum absolute atomic E-state index is 9.52. The Hall–Kier alpha value is -2.91. The highest BCUT2D eigenvalue weighted by molar-refractivity contribution is 5.97. The van der Waals surface area contributed by atoms with Crippen molar-refractivity contribution >= 4 is 27.4 Å². The summed E-state index contributed by atoms with van der Waals surface area (Å²) in [7, 11) is 2.04. The van der Waals surface area contributed by atoms with E-state index in [1.54, 1.807) is 0 Å². The van der Waals surface area contributed by atoms with Gasteiger partial charge in [0.1, 0.15) is 0 Å². The number of rotatable bonds is 3. The van der Waals surface area contributed by atoms with Crippen LogP contribution in [0.25, 0.3) is 27.4 Å². The molecule has 4 rings (SSSR count). The van der Waals surface area contributed by atoms with Crippen molar-refractivity contribution in [2.24, 2.45) is 7.05 Å². The van der Waals surface area contributed by atoms with Crippen LogP contribution in [-0.2, 0) is 13.7 Å². The summed E-state index contributed by atoms with van der Waals surface area (Å²) in [4.78, 5) is 4.49. The van der Waals surface area contributed by atoms with Crippen LogP contribution in [0.3, 0.4) is 0 Å². The van der Waals surface area contributed by atoms with Gasteiger partial charge in [0, 0.05) is 29.5 Å². The molecule has 2 heterocycles. The maximum atomic E-state index is 9.52. The van der Waals surface area contributed by atoms with E-state index in [0.717, 1.165) is 27.6 Å². The average Bonchev–Trinajstić information content (AvgIpc) is 3.00. The fraction of sp³-hybridized carbons (Fsp3) is 0.0952. The molecule has 3 heteroatoms. The number of aliphatic hydroxyl groups is 1. The van der Waals surface area contributed by atoms with Crippen LogP contribution < -0.4 is 0 Å². The third kappa shape index (κ3) is 2.30. The number of pyridine rings is 1. The number of fused-ring (bicyclic) bond motifs is 2. The molecular formula is C21H18N2O. The average molecular weight is 314 g/mol. The lowest BCUT2D eigenvalue weighted by Gasteiger charge is -2.12. The van der Waals surface area contributed by atoms with E-state index < -0.39 is 0 Å². The van der Waals surface area contributed by atoms with E-state index >= 15 is 0 Å². The van der Waals surface area contributed by atoms with Gasteiger partial charge in [0.05, 0.1) is 17.8 Å². The van der Waals surface area contributed by atoms with Gasteiger partial charge in [-0.15, -0.1) is 0 Å². The van der Waals surface area contributed by atoms with Crippen LogP contribution in [0.15, 0.2) is 67.4 Å². The van der Waals surface area contributed by atoms with Gasteiger partial charge < -0.3 is 9.67 Å². The highest BCUT2D eigenvalue weighted by Gasteiger charge is 2.11. The number of aryl methyl sites for hydroxylation is 1. The van der Waals surface area contributed by atoms with Gasteiger partial charge in [0.15, 0.2) is 0 Å². The largest absolute Gasteiger partial charge is 0.390 e. The van der Waals surface area contributed by atoms with Crippen molar-refractivity contribution < 1.29 is 5.11 Å². The van der Waals surface area contributed by atoms with Gasteiger partial charge in [-0.1, -0.05) is 30.8 Å². The van der Waals surface area contributed by atoms with Gasteiger partial charge in [-0.25, -0.2) is 0 Å². The Morgan fingerprint density at radius 3 is 2.79 bits per heavy atom. The number of hydrogen-bond donors (Lipinski definition) is 1. The van der Waals surface area contributed by atoms with E-state index in [4.69, 9.17) is 0 Å². The van der Waals surface area contributed by atoms with Gasteiger partial charge >= 0.3 is 0 Å². The van der Waals surface area contributed by atoms with Crippen molar-refractivity contribution in [1.82, 2.24) is 9.55 Å². The van der Waals surface area contributed by atoms with Crippen LogP contribution in [-0.4, -0.2) is 14.7 Å². The zero-order valence-corrected chi connectivity index (χ0v) is 13.5. The molecular weight excluding hydrogens is 296 g/mol. The van der Waals surface area contributed by atoms with Crippen LogP contribution in [0.2, 0.25) is 0 Å². The predicted octanol–water partition coefficient (Wildman–Crippen LogP) is 4.28. The van der Waals surface area contributed by atoms with Crippen molar-refractivity contribution in [2.75, 3.05) is 0 Å². The minimum absolute atomic E-state index is 0.0805. The Morgan fingerprint density at radius 1 is 1.12 bits per heavy atom. The Bertz CT molecular complexity index is 1080. The maximum Gasteiger partial charge on any atom is 0.0853 e. The van der Waals surface area contributed by atoms with E-state index in [9.17, 15) is 5.11 Å². The number of hydrogen-bond acceptors (Lipinski definition) is 2. The molecule has 0 spiro atoms. The van der Waals surface area contributed by atoms with Crippen LogP contribution >= 0.6 is 0 Å². The van der Waals surface area contributed by atoms with Gasteiger partial charge in [-0.05, 0) is 47.0 Å². The number of aliphatic hydroxyl groups excluding tert-OH is 1. The molecule has 0 amide bonds. The minimum atomic E-state index is -0.0805. The number of benzene rings is 2. The highest BCUT2D eigenvalue weighted by atomic mass is 16.3. The summed E-state index contributed by atoms with van der Waals surface area (Å²) in [6, 6.07) is 18.4. The summed E-state index contributed by atoms with van der Waals surface area (Å²) in [5, 5.41) is 11.8. The molecule has 118 valence electrons. The monoisotopic (exact) mass is 314 g/mol. The molecule has 0 saturated carbocycles. The quantitative estimate of drug-likeness (QED) is 0.613. The van der Waals surface area contributed by atoms with E-state index in [2.05, 4.69) is 46.6 Å². The fourth-order valence-electron chi connectivity index (χ4n) is 3.19. The third-order valence-corrected chi connectivity index (χ3v) is 4.49. The van der Waals surface area contributed by atoms with Crippen molar-refractivity contribution in [3.8, 4) is 0 Å². The molecule has 0 unspecified atom stereocenters. The molecule has 0 radical (unpaired) electrons. The SMILES string of the molecule is C=C(c1ccc2c(ccn2C)c1)c1cc(CO)nc2ccccc12. The summed E-state index contributed by atoms with van der Waals surface area (Å²) < 4.78 is 2.10. The lowest BCUT2D eigenvalue weighted by molar-refractivity contribution is 0.277. The normalized spacial score (nSPS) is 11.2. The number of nitrogens with zero attached hydrogens (tertiary/aromatic N) is 2. The predicted molar refractivity (Wildman–Crippen MR) is 98.7 cm³/mol. The molecule has 3 nitrogen and oxygen atoms in total. The first-order valence-corrected chi connectivity index (χ1v) is 7.91. The van der Waals surface area contributed by atoms with Gasteiger partial charge in [-0.2, -0.15) is 0 Å². The summed E-state index contributed by atoms with van der Waals surface area (Å²) in [5.74, 6) is 0. The zero-order chi connectivity index (χ0) is 16.7.